The lowest BCUT2D eigenvalue weighted by atomic mass is 10.0. The summed E-state index contributed by atoms with van der Waals surface area (Å²) in [7, 11) is 0. The van der Waals surface area contributed by atoms with Crippen molar-refractivity contribution in [1.82, 2.24) is 20.9 Å². The second-order valence-electron chi connectivity index (χ2n) is 9.37. The predicted octanol–water partition coefficient (Wildman–Crippen LogP) is -3.02. The first-order chi connectivity index (χ1) is 19.3. The molecule has 4 unspecified atom stereocenters. The van der Waals surface area contributed by atoms with Gasteiger partial charge >= 0.3 is 5.97 Å². The Labute approximate surface area is 233 Å². The van der Waals surface area contributed by atoms with E-state index < -0.39 is 72.0 Å². The number of aliphatic carboxylic acids is 1. The molecular weight excluding hydrogens is 540 g/mol. The number of carbonyl (C=O) groups is 7. The molecule has 0 aliphatic heterocycles. The lowest BCUT2D eigenvalue weighted by Gasteiger charge is -2.25. The van der Waals surface area contributed by atoms with Crippen LogP contribution in [-0.2, 0) is 40.0 Å². The lowest BCUT2D eigenvalue weighted by molar-refractivity contribution is -0.144. The molecule has 0 radical (unpaired) electrons. The smallest absolute Gasteiger partial charge is 0.326 e. The maximum atomic E-state index is 13.4. The Morgan fingerprint density at radius 3 is 1.93 bits per heavy atom. The third-order valence-corrected chi connectivity index (χ3v) is 6.10. The van der Waals surface area contributed by atoms with E-state index in [-0.39, 0.29) is 32.1 Å². The molecule has 16 heteroatoms. The third kappa shape index (κ3) is 10.2. The van der Waals surface area contributed by atoms with Gasteiger partial charge < -0.3 is 49.0 Å². The first kappa shape index (κ1) is 32.2. The van der Waals surface area contributed by atoms with E-state index in [0.29, 0.717) is 5.56 Å². The summed E-state index contributed by atoms with van der Waals surface area (Å²) in [5.74, 6) is -6.66. The zero-order valence-corrected chi connectivity index (χ0v) is 22.1. The number of fused-ring (bicyclic) bond motifs is 1. The summed E-state index contributed by atoms with van der Waals surface area (Å²) in [4.78, 5) is 87.4. The van der Waals surface area contributed by atoms with E-state index in [2.05, 4.69) is 20.9 Å². The van der Waals surface area contributed by atoms with Crippen molar-refractivity contribution in [1.29, 1.82) is 0 Å². The number of aromatic nitrogens is 1. The summed E-state index contributed by atoms with van der Waals surface area (Å²) < 4.78 is 0. The Morgan fingerprint density at radius 1 is 0.756 bits per heavy atom. The van der Waals surface area contributed by atoms with E-state index in [1.54, 1.807) is 30.5 Å². The number of H-pyrrole nitrogens is 1. The molecular formula is C25H34N8O8. The summed E-state index contributed by atoms with van der Waals surface area (Å²) in [6, 6.07) is 1.53. The predicted molar refractivity (Wildman–Crippen MR) is 144 cm³/mol. The van der Waals surface area contributed by atoms with Crippen LogP contribution < -0.4 is 38.9 Å². The molecule has 13 N–H and O–H groups in total. The molecule has 0 bridgehead atoms. The molecule has 0 aliphatic rings. The van der Waals surface area contributed by atoms with Gasteiger partial charge in [0.05, 0.1) is 12.5 Å². The minimum Gasteiger partial charge on any atom is -0.480 e. The fraction of sp³-hybridized carbons (Fsp3) is 0.400. The van der Waals surface area contributed by atoms with E-state index >= 15 is 0 Å². The first-order valence-corrected chi connectivity index (χ1v) is 12.6. The van der Waals surface area contributed by atoms with Crippen LogP contribution in [0.5, 0.6) is 0 Å². The van der Waals surface area contributed by atoms with Crippen LogP contribution in [0.3, 0.4) is 0 Å². The number of primary amides is 3. The van der Waals surface area contributed by atoms with Crippen molar-refractivity contribution in [2.45, 2.75) is 62.7 Å². The second kappa shape index (κ2) is 15.0. The van der Waals surface area contributed by atoms with E-state index in [4.69, 9.17) is 22.9 Å². The van der Waals surface area contributed by atoms with Crippen molar-refractivity contribution in [3.05, 3.63) is 36.0 Å². The summed E-state index contributed by atoms with van der Waals surface area (Å²) in [6.45, 7) is 0. The normalized spacial score (nSPS) is 13.8. The number of carbonyl (C=O) groups excluding carboxylic acids is 6. The molecule has 41 heavy (non-hydrogen) atoms. The van der Waals surface area contributed by atoms with Crippen molar-refractivity contribution in [2.24, 2.45) is 22.9 Å². The molecule has 4 atom stereocenters. The lowest BCUT2D eigenvalue weighted by Crippen LogP contribution is -2.58. The summed E-state index contributed by atoms with van der Waals surface area (Å²) in [6.07, 6.45) is -0.0660. The van der Waals surface area contributed by atoms with Crippen LogP contribution in [0.15, 0.2) is 30.5 Å². The van der Waals surface area contributed by atoms with E-state index in [9.17, 15) is 38.7 Å². The fourth-order valence-corrected chi connectivity index (χ4v) is 3.94. The number of nitrogens with one attached hydrogen (secondary N) is 4. The number of carboxylic acid groups (broad SMARTS) is 1. The largest absolute Gasteiger partial charge is 0.480 e. The monoisotopic (exact) mass is 574 g/mol. The molecule has 0 saturated heterocycles. The van der Waals surface area contributed by atoms with Gasteiger partial charge in [0.25, 0.3) is 0 Å². The van der Waals surface area contributed by atoms with Gasteiger partial charge in [0.15, 0.2) is 0 Å². The number of amides is 6. The van der Waals surface area contributed by atoms with Gasteiger partial charge in [-0.1, -0.05) is 18.2 Å². The number of para-hydroxylation sites is 1. The standard InChI is InChI=1S/C25H34N8O8/c26-14(5-7-19(27)34)22(37)32-17(9-12-11-30-15-4-2-1-3-13(12)15)24(39)31-16(6-8-20(28)35)23(38)33-18(25(40)41)10-21(29)36/h1-4,11,14,16-18,30H,5-10,26H2,(H2,27,34)(H2,28,35)(H2,29,36)(H,31,39)(H,32,37)(H,33,38)(H,40,41). The Hall–Kier alpha value is -4.99. The van der Waals surface area contributed by atoms with Crippen molar-refractivity contribution in [3.8, 4) is 0 Å². The molecule has 6 amide bonds. The van der Waals surface area contributed by atoms with Crippen LogP contribution in [0, 0.1) is 0 Å². The molecule has 1 aromatic carbocycles. The number of hydrogen-bond acceptors (Lipinski definition) is 8. The van der Waals surface area contributed by atoms with Crippen molar-refractivity contribution < 1.29 is 38.7 Å². The van der Waals surface area contributed by atoms with Crippen LogP contribution >= 0.6 is 0 Å². The summed E-state index contributed by atoms with van der Waals surface area (Å²) in [5, 5.41) is 17.1. The topological polar surface area (TPSA) is 296 Å². The van der Waals surface area contributed by atoms with E-state index in [1.807, 2.05) is 0 Å². The number of nitrogens with two attached hydrogens (primary N) is 4. The molecule has 222 valence electrons. The maximum absolute atomic E-state index is 13.4. The van der Waals surface area contributed by atoms with Crippen LogP contribution in [0.1, 0.15) is 37.7 Å². The number of benzene rings is 1. The Morgan fingerprint density at radius 2 is 1.32 bits per heavy atom. The molecule has 0 aliphatic carbocycles. The molecule has 0 saturated carbocycles. The SMILES string of the molecule is NC(=O)CCC(N)C(=O)NC(Cc1c[nH]c2ccccc12)C(=O)NC(CCC(N)=O)C(=O)NC(CC(N)=O)C(=O)O. The molecule has 1 aromatic heterocycles. The van der Waals surface area contributed by atoms with Crippen LogP contribution in [0.25, 0.3) is 10.9 Å². The summed E-state index contributed by atoms with van der Waals surface area (Å²) >= 11 is 0. The van der Waals surface area contributed by atoms with Gasteiger partial charge in [-0.25, -0.2) is 4.79 Å². The highest BCUT2D eigenvalue weighted by Crippen LogP contribution is 2.19. The number of hydrogen-bond donors (Lipinski definition) is 9. The van der Waals surface area contributed by atoms with Crippen molar-refractivity contribution in [2.75, 3.05) is 0 Å². The Balaban J connectivity index is 2.32. The van der Waals surface area contributed by atoms with Crippen molar-refractivity contribution in [3.63, 3.8) is 0 Å². The zero-order valence-electron chi connectivity index (χ0n) is 22.1. The average Bonchev–Trinajstić information content (AvgIpc) is 3.30. The van der Waals surface area contributed by atoms with Crippen molar-refractivity contribution >= 4 is 52.3 Å². The van der Waals surface area contributed by atoms with Gasteiger partial charge in [0.2, 0.25) is 35.4 Å². The first-order valence-electron chi connectivity index (χ1n) is 12.6. The van der Waals surface area contributed by atoms with Gasteiger partial charge in [-0.2, -0.15) is 0 Å². The van der Waals surface area contributed by atoms with Crippen LogP contribution in [-0.4, -0.2) is 75.7 Å². The molecule has 16 nitrogen and oxygen atoms in total. The average molecular weight is 575 g/mol. The van der Waals surface area contributed by atoms with Gasteiger partial charge in [0.1, 0.15) is 18.1 Å². The quantitative estimate of drug-likeness (QED) is 0.0927. The highest BCUT2D eigenvalue weighted by atomic mass is 16.4. The van der Waals surface area contributed by atoms with Gasteiger partial charge in [-0.05, 0) is 24.5 Å². The number of carboxylic acids is 1. The molecule has 0 fully saturated rings. The highest BCUT2D eigenvalue weighted by molar-refractivity contribution is 5.96. The molecule has 0 spiro atoms. The molecule has 2 aromatic rings. The Kier molecular flexibility index (Phi) is 11.8. The minimum absolute atomic E-state index is 0.0618. The summed E-state index contributed by atoms with van der Waals surface area (Å²) in [5.41, 5.74) is 22.6. The number of rotatable bonds is 17. The number of aromatic amines is 1. The fourth-order valence-electron chi connectivity index (χ4n) is 3.94. The maximum Gasteiger partial charge on any atom is 0.326 e. The second-order valence-corrected chi connectivity index (χ2v) is 9.37. The van der Waals surface area contributed by atoms with Crippen LogP contribution in [0.4, 0.5) is 0 Å². The van der Waals surface area contributed by atoms with Gasteiger partial charge in [-0.3, -0.25) is 28.8 Å². The van der Waals surface area contributed by atoms with Gasteiger partial charge in [0, 0.05) is 36.4 Å². The van der Waals surface area contributed by atoms with Crippen LogP contribution in [0.2, 0.25) is 0 Å². The molecule has 1 heterocycles. The molecule has 2 rings (SSSR count). The highest BCUT2D eigenvalue weighted by Gasteiger charge is 2.31. The third-order valence-electron chi connectivity index (χ3n) is 6.10. The van der Waals surface area contributed by atoms with E-state index in [1.165, 1.54) is 0 Å². The minimum atomic E-state index is -1.70. The van der Waals surface area contributed by atoms with E-state index in [0.717, 1.165) is 10.9 Å². The Bertz CT molecular complexity index is 1310. The van der Waals surface area contributed by atoms with Gasteiger partial charge in [-0.15, -0.1) is 0 Å². The zero-order chi connectivity index (χ0) is 30.7.